The first-order chi connectivity index (χ1) is 10.2. The Hall–Kier alpha value is -1.27. The van der Waals surface area contributed by atoms with Gasteiger partial charge in [-0.1, -0.05) is 0 Å². The standard InChI is InChI=1S/C12H12F7N3.HI/c1-20-11(21-3-2-12(17,18)19)22-5-6-9(15)7(13)4-8(14)10(6)16;/h4H,2-3,5H2,1H3,(H2,20,21,22);1H. The number of alkyl halides is 3. The van der Waals surface area contributed by atoms with Gasteiger partial charge in [-0.3, -0.25) is 4.99 Å². The number of benzene rings is 1. The lowest BCUT2D eigenvalue weighted by atomic mass is 10.2. The molecular formula is C12H13F7IN3. The van der Waals surface area contributed by atoms with E-state index in [9.17, 15) is 30.7 Å². The zero-order chi connectivity index (χ0) is 16.9. The van der Waals surface area contributed by atoms with E-state index in [2.05, 4.69) is 15.6 Å². The number of nitrogens with zero attached hydrogens (tertiary/aromatic N) is 1. The molecule has 0 saturated heterocycles. The average molecular weight is 459 g/mol. The third-order valence-corrected chi connectivity index (χ3v) is 2.56. The van der Waals surface area contributed by atoms with E-state index in [-0.39, 0.29) is 36.0 Å². The SMILES string of the molecule is CN=C(NCCC(F)(F)F)NCc1c(F)c(F)cc(F)c1F.I. The maximum absolute atomic E-state index is 13.4. The number of guanidine groups is 1. The largest absolute Gasteiger partial charge is 0.390 e. The molecule has 0 aliphatic carbocycles. The zero-order valence-corrected chi connectivity index (χ0v) is 14.0. The highest BCUT2D eigenvalue weighted by atomic mass is 127. The molecular weight excluding hydrogens is 446 g/mol. The second-order valence-electron chi connectivity index (χ2n) is 4.16. The van der Waals surface area contributed by atoms with Gasteiger partial charge < -0.3 is 10.6 Å². The van der Waals surface area contributed by atoms with Crippen LogP contribution >= 0.6 is 24.0 Å². The quantitative estimate of drug-likeness (QED) is 0.238. The summed E-state index contributed by atoms with van der Waals surface area (Å²) >= 11 is 0. The number of nitrogens with one attached hydrogen (secondary N) is 2. The second kappa shape index (κ2) is 9.13. The molecule has 1 aromatic rings. The van der Waals surface area contributed by atoms with Crippen molar-refractivity contribution in [1.82, 2.24) is 10.6 Å². The van der Waals surface area contributed by atoms with Crippen molar-refractivity contribution in [2.45, 2.75) is 19.1 Å². The summed E-state index contributed by atoms with van der Waals surface area (Å²) in [6.07, 6.45) is -5.53. The van der Waals surface area contributed by atoms with Gasteiger partial charge in [0, 0.05) is 31.8 Å². The van der Waals surface area contributed by atoms with Gasteiger partial charge in [0.1, 0.15) is 0 Å². The topological polar surface area (TPSA) is 36.4 Å². The predicted molar refractivity (Wildman–Crippen MR) is 80.6 cm³/mol. The fourth-order valence-electron chi connectivity index (χ4n) is 1.49. The van der Waals surface area contributed by atoms with Gasteiger partial charge >= 0.3 is 6.18 Å². The van der Waals surface area contributed by atoms with Gasteiger partial charge in [-0.15, -0.1) is 24.0 Å². The molecule has 0 spiro atoms. The van der Waals surface area contributed by atoms with Crippen molar-refractivity contribution in [1.29, 1.82) is 0 Å². The molecule has 0 heterocycles. The number of aliphatic imine (C=N–C) groups is 1. The van der Waals surface area contributed by atoms with E-state index in [1.54, 1.807) is 0 Å². The molecule has 0 saturated carbocycles. The summed E-state index contributed by atoms with van der Waals surface area (Å²) in [5.74, 6) is -6.52. The summed E-state index contributed by atoms with van der Waals surface area (Å²) in [7, 11) is 1.21. The Balaban J connectivity index is 0.00000484. The summed E-state index contributed by atoms with van der Waals surface area (Å²) in [6, 6.07) is 0.0601. The Kier molecular flexibility index (Phi) is 8.63. The lowest BCUT2D eigenvalue weighted by Gasteiger charge is -2.14. The van der Waals surface area contributed by atoms with Crippen LogP contribution < -0.4 is 10.6 Å². The van der Waals surface area contributed by atoms with Crippen molar-refractivity contribution < 1.29 is 30.7 Å². The summed E-state index contributed by atoms with van der Waals surface area (Å²) in [5, 5.41) is 4.52. The van der Waals surface area contributed by atoms with E-state index in [0.717, 1.165) is 0 Å². The highest BCUT2D eigenvalue weighted by molar-refractivity contribution is 14.0. The fraction of sp³-hybridized carbons (Fsp3) is 0.417. The van der Waals surface area contributed by atoms with Crippen LogP contribution in [0.3, 0.4) is 0 Å². The third kappa shape index (κ3) is 6.79. The Morgan fingerprint density at radius 3 is 2.00 bits per heavy atom. The van der Waals surface area contributed by atoms with Crippen molar-refractivity contribution in [3.05, 3.63) is 34.9 Å². The number of hydrogen-bond acceptors (Lipinski definition) is 1. The molecule has 1 rings (SSSR count). The molecule has 0 amide bonds. The van der Waals surface area contributed by atoms with Gasteiger partial charge in [0.2, 0.25) is 0 Å². The van der Waals surface area contributed by atoms with Crippen molar-refractivity contribution in [3.8, 4) is 0 Å². The van der Waals surface area contributed by atoms with Crippen LogP contribution in [0.1, 0.15) is 12.0 Å². The van der Waals surface area contributed by atoms with E-state index in [0.29, 0.717) is 0 Å². The third-order valence-electron chi connectivity index (χ3n) is 2.56. The molecule has 11 heteroatoms. The molecule has 0 atom stereocenters. The molecule has 2 N–H and O–H groups in total. The summed E-state index contributed by atoms with van der Waals surface area (Å²) < 4.78 is 88.6. The van der Waals surface area contributed by atoms with Crippen LogP contribution in [0.5, 0.6) is 0 Å². The summed E-state index contributed by atoms with van der Waals surface area (Å²) in [6.45, 7) is -1.22. The lowest BCUT2D eigenvalue weighted by molar-refractivity contribution is -0.132. The smallest absolute Gasteiger partial charge is 0.356 e. The first kappa shape index (κ1) is 21.7. The Bertz CT molecular complexity index is 534. The first-order valence-electron chi connectivity index (χ1n) is 5.99. The number of halogens is 8. The Morgan fingerprint density at radius 2 is 1.57 bits per heavy atom. The van der Waals surface area contributed by atoms with Gasteiger partial charge in [-0.25, -0.2) is 17.6 Å². The average Bonchev–Trinajstić information content (AvgIpc) is 2.42. The van der Waals surface area contributed by atoms with Crippen LogP contribution in [-0.4, -0.2) is 25.7 Å². The maximum atomic E-state index is 13.4. The van der Waals surface area contributed by atoms with E-state index in [1.807, 2.05) is 0 Å². The maximum Gasteiger partial charge on any atom is 0.390 e. The molecule has 0 fully saturated rings. The van der Waals surface area contributed by atoms with Crippen LogP contribution in [0, 0.1) is 23.3 Å². The minimum Gasteiger partial charge on any atom is -0.356 e. The molecule has 0 aliphatic rings. The zero-order valence-electron chi connectivity index (χ0n) is 11.7. The van der Waals surface area contributed by atoms with Crippen molar-refractivity contribution >= 4 is 29.9 Å². The Labute approximate surface area is 144 Å². The van der Waals surface area contributed by atoms with Gasteiger partial charge in [0.25, 0.3) is 0 Å². The van der Waals surface area contributed by atoms with E-state index < -0.39 is 54.5 Å². The lowest BCUT2D eigenvalue weighted by Crippen LogP contribution is -2.38. The van der Waals surface area contributed by atoms with Crippen LogP contribution in [0.25, 0.3) is 0 Å². The minimum atomic E-state index is -4.38. The summed E-state index contributed by atoms with van der Waals surface area (Å²) in [4.78, 5) is 3.52. The molecule has 0 radical (unpaired) electrons. The Morgan fingerprint density at radius 1 is 1.04 bits per heavy atom. The van der Waals surface area contributed by atoms with Crippen LogP contribution in [0.4, 0.5) is 30.7 Å². The van der Waals surface area contributed by atoms with E-state index in [4.69, 9.17) is 0 Å². The summed E-state index contributed by atoms with van der Waals surface area (Å²) in [5.41, 5.74) is -0.920. The predicted octanol–water partition coefficient (Wildman–Crippen LogP) is 3.48. The van der Waals surface area contributed by atoms with Crippen molar-refractivity contribution in [2.24, 2.45) is 4.99 Å². The van der Waals surface area contributed by atoms with Crippen LogP contribution in [0.2, 0.25) is 0 Å². The monoisotopic (exact) mass is 459 g/mol. The van der Waals surface area contributed by atoms with Gasteiger partial charge in [0.05, 0.1) is 6.42 Å². The molecule has 3 nitrogen and oxygen atoms in total. The van der Waals surface area contributed by atoms with Gasteiger partial charge in [-0.05, 0) is 0 Å². The highest BCUT2D eigenvalue weighted by Crippen LogP contribution is 2.19. The first-order valence-corrected chi connectivity index (χ1v) is 5.99. The van der Waals surface area contributed by atoms with Gasteiger partial charge in [0.15, 0.2) is 29.2 Å². The fourth-order valence-corrected chi connectivity index (χ4v) is 1.49. The molecule has 0 aliphatic heterocycles. The van der Waals surface area contributed by atoms with Crippen molar-refractivity contribution in [2.75, 3.05) is 13.6 Å². The molecule has 0 aromatic heterocycles. The molecule has 23 heavy (non-hydrogen) atoms. The van der Waals surface area contributed by atoms with Crippen LogP contribution in [0.15, 0.2) is 11.1 Å². The van der Waals surface area contributed by atoms with Gasteiger partial charge in [-0.2, -0.15) is 13.2 Å². The van der Waals surface area contributed by atoms with E-state index in [1.165, 1.54) is 7.05 Å². The number of rotatable bonds is 4. The molecule has 132 valence electrons. The van der Waals surface area contributed by atoms with Crippen LogP contribution in [-0.2, 0) is 6.54 Å². The minimum absolute atomic E-state index is 0. The second-order valence-corrected chi connectivity index (χ2v) is 4.16. The number of hydrogen-bond donors (Lipinski definition) is 2. The van der Waals surface area contributed by atoms with Crippen molar-refractivity contribution in [3.63, 3.8) is 0 Å². The molecule has 1 aromatic carbocycles. The van der Waals surface area contributed by atoms with E-state index >= 15 is 0 Å². The molecule has 0 unspecified atom stereocenters. The normalized spacial score (nSPS) is 11.9. The highest BCUT2D eigenvalue weighted by Gasteiger charge is 2.26. The molecule has 0 bridgehead atoms.